The Labute approximate surface area is 129 Å². The fourth-order valence-electron chi connectivity index (χ4n) is 2.34. The number of halogens is 1. The summed E-state index contributed by atoms with van der Waals surface area (Å²) in [5.74, 6) is 1.62. The van der Waals surface area contributed by atoms with Crippen molar-refractivity contribution in [2.75, 3.05) is 6.54 Å². The van der Waals surface area contributed by atoms with Crippen LogP contribution in [0.4, 0.5) is 0 Å². The maximum atomic E-state index is 6.22. The van der Waals surface area contributed by atoms with Crippen LogP contribution in [-0.4, -0.2) is 6.54 Å². The van der Waals surface area contributed by atoms with Crippen molar-refractivity contribution in [1.82, 2.24) is 0 Å². The number of hydrogen-bond acceptors (Lipinski definition) is 2. The van der Waals surface area contributed by atoms with Crippen molar-refractivity contribution in [3.8, 4) is 11.5 Å². The molecule has 106 valence electrons. The van der Waals surface area contributed by atoms with Crippen molar-refractivity contribution in [2.24, 2.45) is 5.73 Å². The SMILES string of the molecule is NCCc1ccc(Oc2ccc(Cl)c3ccccc23)cc1. The van der Waals surface area contributed by atoms with E-state index in [9.17, 15) is 0 Å². The van der Waals surface area contributed by atoms with Gasteiger partial charge in [0.05, 0.1) is 0 Å². The van der Waals surface area contributed by atoms with E-state index in [1.54, 1.807) is 0 Å². The molecule has 0 atom stereocenters. The van der Waals surface area contributed by atoms with Gasteiger partial charge in [0, 0.05) is 15.8 Å². The van der Waals surface area contributed by atoms with Crippen LogP contribution in [0.1, 0.15) is 5.56 Å². The Hall–Kier alpha value is -2.03. The summed E-state index contributed by atoms with van der Waals surface area (Å²) in [5.41, 5.74) is 6.77. The Kier molecular flexibility index (Phi) is 4.09. The van der Waals surface area contributed by atoms with Gasteiger partial charge < -0.3 is 10.5 Å². The normalized spacial score (nSPS) is 10.8. The molecule has 2 nitrogen and oxygen atoms in total. The van der Waals surface area contributed by atoms with Crippen molar-refractivity contribution in [3.63, 3.8) is 0 Å². The molecule has 0 aromatic heterocycles. The van der Waals surface area contributed by atoms with Crippen LogP contribution >= 0.6 is 11.6 Å². The molecule has 0 unspecified atom stereocenters. The molecule has 0 amide bonds. The Bertz CT molecular complexity index is 753. The minimum absolute atomic E-state index is 0.655. The van der Waals surface area contributed by atoms with Gasteiger partial charge in [-0.1, -0.05) is 48.0 Å². The molecule has 0 radical (unpaired) electrons. The van der Waals surface area contributed by atoms with Crippen LogP contribution in [0.5, 0.6) is 11.5 Å². The highest BCUT2D eigenvalue weighted by Gasteiger charge is 2.06. The average Bonchev–Trinajstić information content (AvgIpc) is 2.52. The van der Waals surface area contributed by atoms with Gasteiger partial charge in [0.25, 0.3) is 0 Å². The lowest BCUT2D eigenvalue weighted by molar-refractivity contribution is 0.488. The molecule has 0 saturated heterocycles. The van der Waals surface area contributed by atoms with Crippen LogP contribution in [-0.2, 0) is 6.42 Å². The second-order valence-corrected chi connectivity index (χ2v) is 5.28. The zero-order valence-electron chi connectivity index (χ0n) is 11.6. The molecule has 0 heterocycles. The number of rotatable bonds is 4. The highest BCUT2D eigenvalue weighted by Crippen LogP contribution is 2.34. The van der Waals surface area contributed by atoms with Crippen molar-refractivity contribution in [1.29, 1.82) is 0 Å². The van der Waals surface area contributed by atoms with E-state index in [1.165, 1.54) is 5.56 Å². The third-order valence-corrected chi connectivity index (χ3v) is 3.74. The molecular weight excluding hydrogens is 282 g/mol. The minimum Gasteiger partial charge on any atom is -0.457 e. The van der Waals surface area contributed by atoms with Crippen molar-refractivity contribution in [3.05, 3.63) is 71.2 Å². The first kappa shape index (κ1) is 13.9. The number of ether oxygens (including phenoxy) is 1. The lowest BCUT2D eigenvalue weighted by Gasteiger charge is -2.10. The molecule has 3 heteroatoms. The van der Waals surface area contributed by atoms with Crippen LogP contribution in [0.3, 0.4) is 0 Å². The first-order chi connectivity index (χ1) is 10.3. The van der Waals surface area contributed by atoms with Crippen LogP contribution in [0.25, 0.3) is 10.8 Å². The first-order valence-electron chi connectivity index (χ1n) is 6.92. The lowest BCUT2D eigenvalue weighted by atomic mass is 10.1. The number of benzene rings is 3. The van der Waals surface area contributed by atoms with Gasteiger partial charge in [-0.3, -0.25) is 0 Å². The van der Waals surface area contributed by atoms with Crippen LogP contribution in [0, 0.1) is 0 Å². The summed E-state index contributed by atoms with van der Waals surface area (Å²) in [6.07, 6.45) is 0.879. The van der Waals surface area contributed by atoms with Gasteiger partial charge in [0.15, 0.2) is 0 Å². The van der Waals surface area contributed by atoms with E-state index < -0.39 is 0 Å². The number of nitrogens with two attached hydrogens (primary N) is 1. The molecular formula is C18H16ClNO. The molecule has 3 rings (SSSR count). The van der Waals surface area contributed by atoms with E-state index in [-0.39, 0.29) is 0 Å². The Balaban J connectivity index is 1.93. The number of fused-ring (bicyclic) bond motifs is 1. The van der Waals surface area contributed by atoms with Crippen molar-refractivity contribution in [2.45, 2.75) is 6.42 Å². The van der Waals surface area contributed by atoms with Gasteiger partial charge in [0.1, 0.15) is 11.5 Å². The molecule has 2 N–H and O–H groups in total. The molecule has 0 bridgehead atoms. The largest absolute Gasteiger partial charge is 0.457 e. The predicted octanol–water partition coefficient (Wildman–Crippen LogP) is 4.79. The van der Waals surface area contributed by atoms with Crippen LogP contribution < -0.4 is 10.5 Å². The van der Waals surface area contributed by atoms with Gasteiger partial charge in [-0.2, -0.15) is 0 Å². The molecule has 3 aromatic carbocycles. The summed E-state index contributed by atoms with van der Waals surface area (Å²) in [7, 11) is 0. The van der Waals surface area contributed by atoms with Crippen LogP contribution in [0.2, 0.25) is 5.02 Å². The lowest BCUT2D eigenvalue weighted by Crippen LogP contribution is -2.02. The monoisotopic (exact) mass is 297 g/mol. The summed E-state index contributed by atoms with van der Waals surface area (Å²) in [6.45, 7) is 0.655. The summed E-state index contributed by atoms with van der Waals surface area (Å²) in [6, 6.07) is 19.7. The van der Waals surface area contributed by atoms with Crippen molar-refractivity contribution >= 4 is 22.4 Å². The quantitative estimate of drug-likeness (QED) is 0.751. The van der Waals surface area contributed by atoms with Gasteiger partial charge in [-0.15, -0.1) is 0 Å². The predicted molar refractivity (Wildman–Crippen MR) is 88.2 cm³/mol. The number of hydrogen-bond donors (Lipinski definition) is 1. The average molecular weight is 298 g/mol. The molecule has 0 aliphatic rings. The van der Waals surface area contributed by atoms with Gasteiger partial charge in [-0.05, 0) is 42.8 Å². The van der Waals surface area contributed by atoms with Gasteiger partial charge in [0.2, 0.25) is 0 Å². The Morgan fingerprint density at radius 1 is 0.857 bits per heavy atom. The van der Waals surface area contributed by atoms with E-state index in [1.807, 2.05) is 60.7 Å². The molecule has 0 fully saturated rings. The summed E-state index contributed by atoms with van der Waals surface area (Å²) >= 11 is 6.22. The molecule has 0 aliphatic carbocycles. The Morgan fingerprint density at radius 2 is 1.57 bits per heavy atom. The highest BCUT2D eigenvalue weighted by molar-refractivity contribution is 6.35. The molecule has 0 saturated carbocycles. The zero-order valence-corrected chi connectivity index (χ0v) is 12.3. The highest BCUT2D eigenvalue weighted by atomic mass is 35.5. The zero-order chi connectivity index (χ0) is 14.7. The molecule has 0 aliphatic heterocycles. The maximum absolute atomic E-state index is 6.22. The Morgan fingerprint density at radius 3 is 2.29 bits per heavy atom. The summed E-state index contributed by atoms with van der Waals surface area (Å²) in [4.78, 5) is 0. The topological polar surface area (TPSA) is 35.2 Å². The van der Waals surface area contributed by atoms with Crippen molar-refractivity contribution < 1.29 is 4.74 Å². The van der Waals surface area contributed by atoms with E-state index in [4.69, 9.17) is 22.1 Å². The van der Waals surface area contributed by atoms with Gasteiger partial charge in [-0.25, -0.2) is 0 Å². The second kappa shape index (κ2) is 6.17. The second-order valence-electron chi connectivity index (χ2n) is 4.88. The van der Waals surface area contributed by atoms with Gasteiger partial charge >= 0.3 is 0 Å². The minimum atomic E-state index is 0.655. The third-order valence-electron chi connectivity index (χ3n) is 3.42. The molecule has 0 spiro atoms. The van der Waals surface area contributed by atoms with Crippen LogP contribution in [0.15, 0.2) is 60.7 Å². The standard InChI is InChI=1S/C18H16ClNO/c19-17-9-10-18(16-4-2-1-3-15(16)17)21-14-7-5-13(6-8-14)11-12-20/h1-10H,11-12,20H2. The summed E-state index contributed by atoms with van der Waals surface area (Å²) in [5, 5.41) is 2.74. The summed E-state index contributed by atoms with van der Waals surface area (Å²) < 4.78 is 5.99. The van der Waals surface area contributed by atoms with E-state index >= 15 is 0 Å². The smallest absolute Gasteiger partial charge is 0.135 e. The maximum Gasteiger partial charge on any atom is 0.135 e. The van der Waals surface area contributed by atoms with E-state index in [2.05, 4.69) is 0 Å². The third kappa shape index (κ3) is 3.02. The van der Waals surface area contributed by atoms with E-state index in [0.29, 0.717) is 6.54 Å². The first-order valence-corrected chi connectivity index (χ1v) is 7.30. The molecule has 3 aromatic rings. The fourth-order valence-corrected chi connectivity index (χ4v) is 2.57. The molecule has 21 heavy (non-hydrogen) atoms. The van der Waals surface area contributed by atoms with E-state index in [0.717, 1.165) is 33.7 Å². The fraction of sp³-hybridized carbons (Fsp3) is 0.111.